The average molecular weight is 352 g/mol. The van der Waals surface area contributed by atoms with Gasteiger partial charge in [-0.05, 0) is 67.4 Å². The van der Waals surface area contributed by atoms with E-state index in [0.29, 0.717) is 4.91 Å². The number of hydrogen-bond donors (Lipinski definition) is 1. The van der Waals surface area contributed by atoms with E-state index in [1.807, 2.05) is 63.2 Å². The SMILES string of the molecule is Cc1ccc(/C=C2\SC(=O)N(CNc3ccc(C)c(C)c3)C2=O)cc1. The van der Waals surface area contributed by atoms with Gasteiger partial charge in [-0.3, -0.25) is 14.5 Å². The van der Waals surface area contributed by atoms with Gasteiger partial charge in [0.25, 0.3) is 11.1 Å². The number of hydrogen-bond acceptors (Lipinski definition) is 4. The highest BCUT2D eigenvalue weighted by Gasteiger charge is 2.34. The molecular weight excluding hydrogens is 332 g/mol. The number of imide groups is 1. The van der Waals surface area contributed by atoms with Gasteiger partial charge in [-0.2, -0.15) is 0 Å². The molecule has 0 unspecified atom stereocenters. The molecule has 0 aliphatic carbocycles. The van der Waals surface area contributed by atoms with Gasteiger partial charge in [0.2, 0.25) is 0 Å². The van der Waals surface area contributed by atoms with Gasteiger partial charge in [0, 0.05) is 5.69 Å². The minimum atomic E-state index is -0.257. The maximum Gasteiger partial charge on any atom is 0.295 e. The van der Waals surface area contributed by atoms with Gasteiger partial charge in [0.1, 0.15) is 0 Å². The number of aryl methyl sites for hydroxylation is 3. The minimum Gasteiger partial charge on any atom is -0.367 e. The van der Waals surface area contributed by atoms with E-state index in [2.05, 4.69) is 5.32 Å². The van der Waals surface area contributed by atoms with Crippen LogP contribution in [0.3, 0.4) is 0 Å². The first-order chi connectivity index (χ1) is 11.9. The number of anilines is 1. The molecule has 0 spiro atoms. The summed E-state index contributed by atoms with van der Waals surface area (Å²) in [6, 6.07) is 13.8. The van der Waals surface area contributed by atoms with Crippen LogP contribution in [0.25, 0.3) is 6.08 Å². The first-order valence-corrected chi connectivity index (χ1v) is 8.89. The number of carbonyl (C=O) groups excluding carboxylic acids is 2. The van der Waals surface area contributed by atoms with Crippen molar-refractivity contribution < 1.29 is 9.59 Å². The lowest BCUT2D eigenvalue weighted by molar-refractivity contribution is -0.122. The summed E-state index contributed by atoms with van der Waals surface area (Å²) in [6.07, 6.45) is 1.76. The molecule has 1 aliphatic rings. The summed E-state index contributed by atoms with van der Waals surface area (Å²) in [4.78, 5) is 26.4. The van der Waals surface area contributed by atoms with Crippen LogP contribution < -0.4 is 5.32 Å². The standard InChI is InChI=1S/C20H20N2O2S/c1-13-4-7-16(8-5-13)11-18-19(23)22(20(24)25-18)12-21-17-9-6-14(2)15(3)10-17/h4-11,21H,12H2,1-3H3/b18-11-. The molecule has 0 aromatic heterocycles. The molecule has 0 bridgehead atoms. The molecule has 5 heteroatoms. The van der Waals surface area contributed by atoms with E-state index in [1.165, 1.54) is 16.0 Å². The molecule has 0 saturated carbocycles. The molecule has 3 rings (SSSR count). The van der Waals surface area contributed by atoms with E-state index in [0.717, 1.165) is 28.6 Å². The number of benzene rings is 2. The molecule has 1 aliphatic heterocycles. The molecule has 25 heavy (non-hydrogen) atoms. The maximum atomic E-state index is 12.5. The van der Waals surface area contributed by atoms with Gasteiger partial charge in [-0.15, -0.1) is 0 Å². The van der Waals surface area contributed by atoms with Crippen LogP contribution in [-0.4, -0.2) is 22.7 Å². The summed E-state index contributed by atoms with van der Waals surface area (Å²) in [5.74, 6) is -0.257. The highest BCUT2D eigenvalue weighted by Crippen LogP contribution is 2.32. The van der Waals surface area contributed by atoms with E-state index in [-0.39, 0.29) is 17.8 Å². The Bertz CT molecular complexity index is 856. The second kappa shape index (κ2) is 7.15. The lowest BCUT2D eigenvalue weighted by Gasteiger charge is -2.15. The van der Waals surface area contributed by atoms with Crippen molar-refractivity contribution in [1.82, 2.24) is 4.90 Å². The highest BCUT2D eigenvalue weighted by molar-refractivity contribution is 8.18. The topological polar surface area (TPSA) is 49.4 Å². The first-order valence-electron chi connectivity index (χ1n) is 8.07. The zero-order valence-corrected chi connectivity index (χ0v) is 15.3. The van der Waals surface area contributed by atoms with Gasteiger partial charge in [-0.1, -0.05) is 35.9 Å². The predicted octanol–water partition coefficient (Wildman–Crippen LogP) is 4.72. The normalized spacial score (nSPS) is 16.0. The Morgan fingerprint density at radius 2 is 1.72 bits per heavy atom. The fourth-order valence-corrected chi connectivity index (χ4v) is 3.31. The molecule has 2 amide bonds. The van der Waals surface area contributed by atoms with Crippen LogP contribution in [-0.2, 0) is 4.79 Å². The Kier molecular flexibility index (Phi) is 4.95. The molecule has 128 valence electrons. The van der Waals surface area contributed by atoms with Crippen molar-refractivity contribution in [2.45, 2.75) is 20.8 Å². The van der Waals surface area contributed by atoms with Crippen molar-refractivity contribution in [3.05, 3.63) is 69.6 Å². The van der Waals surface area contributed by atoms with Crippen molar-refractivity contribution in [1.29, 1.82) is 0 Å². The van der Waals surface area contributed by atoms with Crippen LogP contribution in [0.4, 0.5) is 10.5 Å². The molecule has 1 N–H and O–H groups in total. The van der Waals surface area contributed by atoms with E-state index in [4.69, 9.17) is 0 Å². The van der Waals surface area contributed by atoms with Crippen LogP contribution in [0.5, 0.6) is 0 Å². The zero-order valence-electron chi connectivity index (χ0n) is 14.5. The van der Waals surface area contributed by atoms with Gasteiger partial charge in [0.15, 0.2) is 0 Å². The fraction of sp³-hybridized carbons (Fsp3) is 0.200. The maximum absolute atomic E-state index is 12.5. The second-order valence-corrected chi connectivity index (χ2v) is 7.15. The number of nitrogens with zero attached hydrogens (tertiary/aromatic N) is 1. The largest absolute Gasteiger partial charge is 0.367 e. The van der Waals surface area contributed by atoms with Gasteiger partial charge >= 0.3 is 0 Å². The summed E-state index contributed by atoms with van der Waals surface area (Å²) in [7, 11) is 0. The van der Waals surface area contributed by atoms with Crippen molar-refractivity contribution in [3.8, 4) is 0 Å². The second-order valence-electron chi connectivity index (χ2n) is 6.15. The summed E-state index contributed by atoms with van der Waals surface area (Å²) < 4.78 is 0. The third-order valence-electron chi connectivity index (χ3n) is 4.20. The Hall–Kier alpha value is -2.53. The number of rotatable bonds is 4. The fourth-order valence-electron chi connectivity index (χ4n) is 2.47. The van der Waals surface area contributed by atoms with Gasteiger partial charge in [-0.25, -0.2) is 0 Å². The molecule has 0 atom stereocenters. The summed E-state index contributed by atoms with van der Waals surface area (Å²) in [6.45, 7) is 6.25. The molecule has 0 radical (unpaired) electrons. The molecular formula is C20H20N2O2S. The number of carbonyl (C=O) groups is 2. The van der Waals surface area contributed by atoms with Crippen molar-refractivity contribution in [2.75, 3.05) is 12.0 Å². The highest BCUT2D eigenvalue weighted by atomic mass is 32.2. The van der Waals surface area contributed by atoms with E-state index in [1.54, 1.807) is 6.08 Å². The van der Waals surface area contributed by atoms with E-state index in [9.17, 15) is 9.59 Å². The van der Waals surface area contributed by atoms with Crippen molar-refractivity contribution >= 4 is 34.7 Å². The average Bonchev–Trinajstić information content (AvgIpc) is 2.84. The van der Waals surface area contributed by atoms with Crippen LogP contribution in [0.2, 0.25) is 0 Å². The third-order valence-corrected chi connectivity index (χ3v) is 5.10. The summed E-state index contributed by atoms with van der Waals surface area (Å²) in [5.41, 5.74) is 5.34. The predicted molar refractivity (Wildman–Crippen MR) is 103 cm³/mol. The molecule has 1 fully saturated rings. The van der Waals surface area contributed by atoms with Gasteiger partial charge in [0.05, 0.1) is 11.6 Å². The van der Waals surface area contributed by atoms with E-state index < -0.39 is 0 Å². The Labute approximate surface area is 151 Å². The summed E-state index contributed by atoms with van der Waals surface area (Å²) >= 11 is 0.980. The van der Waals surface area contributed by atoms with Crippen LogP contribution in [0.1, 0.15) is 22.3 Å². The Morgan fingerprint density at radius 3 is 2.40 bits per heavy atom. The monoisotopic (exact) mass is 352 g/mol. The first kappa shape index (κ1) is 17.3. The number of nitrogens with one attached hydrogen (secondary N) is 1. The van der Waals surface area contributed by atoms with Crippen LogP contribution in [0.15, 0.2) is 47.4 Å². The molecule has 1 heterocycles. The van der Waals surface area contributed by atoms with E-state index >= 15 is 0 Å². The van der Waals surface area contributed by atoms with Crippen molar-refractivity contribution in [2.24, 2.45) is 0 Å². The quantitative estimate of drug-likeness (QED) is 0.809. The Balaban J connectivity index is 1.70. The zero-order chi connectivity index (χ0) is 18.0. The minimum absolute atomic E-state index is 0.165. The van der Waals surface area contributed by atoms with Crippen LogP contribution >= 0.6 is 11.8 Å². The van der Waals surface area contributed by atoms with Gasteiger partial charge < -0.3 is 5.32 Å². The molecule has 1 saturated heterocycles. The Morgan fingerprint density at radius 1 is 1.00 bits per heavy atom. The lowest BCUT2D eigenvalue weighted by atomic mass is 10.1. The van der Waals surface area contributed by atoms with Crippen molar-refractivity contribution in [3.63, 3.8) is 0 Å². The number of amides is 2. The smallest absolute Gasteiger partial charge is 0.295 e. The number of thioether (sulfide) groups is 1. The summed E-state index contributed by atoms with van der Waals surface area (Å²) in [5, 5.41) is 2.90. The van der Waals surface area contributed by atoms with Crippen LogP contribution in [0, 0.1) is 20.8 Å². The third kappa shape index (κ3) is 3.94. The molecule has 2 aromatic rings. The lowest BCUT2D eigenvalue weighted by Crippen LogP contribution is -2.33. The molecule has 4 nitrogen and oxygen atoms in total. The molecule has 2 aromatic carbocycles.